The van der Waals surface area contributed by atoms with Crippen molar-refractivity contribution in [3.63, 3.8) is 0 Å². The molecule has 0 aromatic rings. The van der Waals surface area contributed by atoms with E-state index in [1.54, 1.807) is 13.8 Å². The summed E-state index contributed by atoms with van der Waals surface area (Å²) in [7, 11) is 0. The minimum atomic E-state index is -1.17. The monoisotopic (exact) mass is 154 g/mol. The molecule has 0 aromatic carbocycles. The number of rotatable bonds is 3. The predicted molar refractivity (Wildman–Crippen MR) is 30.4 cm³/mol. The molecule has 0 aliphatic carbocycles. The molecule has 4 heteroatoms. The summed E-state index contributed by atoms with van der Waals surface area (Å²) in [5.41, 5.74) is 0. The first-order valence-corrected chi connectivity index (χ1v) is 2.91. The van der Waals surface area contributed by atoms with Crippen LogP contribution in [0.3, 0.4) is 0 Å². The normalized spacial score (nSPS) is 12.4. The van der Waals surface area contributed by atoms with E-state index in [2.05, 4.69) is 0 Å². The fourth-order valence-corrected chi connectivity index (χ4v) is 0.558. The van der Waals surface area contributed by atoms with E-state index in [0.29, 0.717) is 0 Å². The van der Waals surface area contributed by atoms with Crippen molar-refractivity contribution in [2.45, 2.75) is 13.8 Å². The van der Waals surface area contributed by atoms with Gasteiger partial charge in [-0.15, -0.1) is 0 Å². The van der Waals surface area contributed by atoms with E-state index in [4.69, 9.17) is 5.11 Å². The molecule has 0 saturated carbocycles. The van der Waals surface area contributed by atoms with Gasteiger partial charge in [-0.1, -0.05) is 13.8 Å². The van der Waals surface area contributed by atoms with Crippen molar-refractivity contribution in [2.75, 3.05) is 6.61 Å². The van der Waals surface area contributed by atoms with Gasteiger partial charge in [0.1, 0.15) is 0 Å². The number of aliphatic hydroxyl groups is 1. The number of carboxylic acid groups (broad SMARTS) is 1. The van der Waals surface area contributed by atoms with E-state index in [0.717, 1.165) is 0 Å². The third-order valence-corrected chi connectivity index (χ3v) is 1.30. The van der Waals surface area contributed by atoms with Crippen molar-refractivity contribution < 1.29 is 44.6 Å². The van der Waals surface area contributed by atoms with E-state index in [1.165, 1.54) is 0 Å². The summed E-state index contributed by atoms with van der Waals surface area (Å²) in [5, 5.41) is 18.5. The molecule has 54 valence electrons. The number of carboxylic acids is 1. The van der Waals surface area contributed by atoms with Crippen LogP contribution in [0.5, 0.6) is 0 Å². The number of aliphatic hydroxyl groups excluding tert-OH is 1. The van der Waals surface area contributed by atoms with Gasteiger partial charge in [-0.25, -0.2) is 0 Å². The van der Waals surface area contributed by atoms with Crippen molar-refractivity contribution >= 4 is 5.97 Å². The number of hydrogen-bond donors (Lipinski definition) is 1. The molecular weight excluding hydrogens is 143 g/mol. The van der Waals surface area contributed by atoms with Crippen molar-refractivity contribution in [3.8, 4) is 0 Å². The van der Waals surface area contributed by atoms with Gasteiger partial charge < -0.3 is 15.0 Å². The molecule has 0 radical (unpaired) electrons. The number of hydrogen-bond acceptors (Lipinski definition) is 3. The van der Waals surface area contributed by atoms with Crippen LogP contribution in [0.1, 0.15) is 13.8 Å². The van der Waals surface area contributed by atoms with Gasteiger partial charge in [0.25, 0.3) is 0 Å². The minimum Gasteiger partial charge on any atom is -0.550 e. The molecule has 0 spiro atoms. The molecule has 0 aliphatic heterocycles. The van der Waals surface area contributed by atoms with Gasteiger partial charge >= 0.3 is 29.6 Å². The molecule has 1 atom stereocenters. The molecule has 0 fully saturated rings. The van der Waals surface area contributed by atoms with Gasteiger partial charge in [-0.2, -0.15) is 0 Å². The molecule has 3 nitrogen and oxygen atoms in total. The Morgan fingerprint density at radius 3 is 2.00 bits per heavy atom. The van der Waals surface area contributed by atoms with Gasteiger partial charge in [0.2, 0.25) is 0 Å². The number of carbonyl (C=O) groups excluding carboxylic acids is 1. The van der Waals surface area contributed by atoms with Crippen molar-refractivity contribution in [2.24, 2.45) is 11.8 Å². The molecule has 0 rings (SSSR count). The Labute approximate surface area is 82.7 Å². The average molecular weight is 154 g/mol. The second kappa shape index (κ2) is 6.16. The van der Waals surface area contributed by atoms with Crippen LogP contribution in [0.4, 0.5) is 0 Å². The molecule has 0 saturated heterocycles. The summed E-state index contributed by atoms with van der Waals surface area (Å²) in [6.07, 6.45) is 0. The standard InChI is InChI=1S/C6H12O3.Na/c1-4(2)5(3-7)6(8)9;/h4-5,7H,3H2,1-2H3,(H,8,9);/q;+1/p-1. The maximum Gasteiger partial charge on any atom is 1.00 e. The van der Waals surface area contributed by atoms with E-state index in [-0.39, 0.29) is 42.1 Å². The van der Waals surface area contributed by atoms with Crippen molar-refractivity contribution in [1.82, 2.24) is 0 Å². The topological polar surface area (TPSA) is 60.4 Å². The molecule has 0 bridgehead atoms. The van der Waals surface area contributed by atoms with Crippen LogP contribution in [0.25, 0.3) is 0 Å². The molecule has 1 unspecified atom stereocenters. The fourth-order valence-electron chi connectivity index (χ4n) is 0.558. The van der Waals surface area contributed by atoms with Crippen LogP contribution in [0, 0.1) is 11.8 Å². The summed E-state index contributed by atoms with van der Waals surface area (Å²) in [6.45, 7) is 3.13. The largest absolute Gasteiger partial charge is 1.00 e. The molecular formula is C6H11NaO3. The van der Waals surface area contributed by atoms with Crippen LogP contribution >= 0.6 is 0 Å². The molecule has 1 N–H and O–H groups in total. The van der Waals surface area contributed by atoms with E-state index in [1.807, 2.05) is 0 Å². The Morgan fingerprint density at radius 2 is 2.00 bits per heavy atom. The zero-order chi connectivity index (χ0) is 7.44. The number of carbonyl (C=O) groups is 1. The zero-order valence-corrected chi connectivity index (χ0v) is 8.63. The van der Waals surface area contributed by atoms with E-state index < -0.39 is 11.9 Å². The first-order chi connectivity index (χ1) is 4.09. The predicted octanol–water partition coefficient (Wildman–Crippen LogP) is -4.00. The molecule has 10 heavy (non-hydrogen) atoms. The third kappa shape index (κ3) is 4.28. The van der Waals surface area contributed by atoms with Crippen LogP contribution in [-0.2, 0) is 4.79 Å². The van der Waals surface area contributed by atoms with Crippen LogP contribution in [0.2, 0.25) is 0 Å². The Bertz CT molecular complexity index is 103. The first-order valence-electron chi connectivity index (χ1n) is 2.91. The average Bonchev–Trinajstić information content (AvgIpc) is 1.64. The van der Waals surface area contributed by atoms with Gasteiger partial charge in [-0.3, -0.25) is 0 Å². The Kier molecular flexibility index (Phi) is 8.04. The Morgan fingerprint density at radius 1 is 1.60 bits per heavy atom. The number of aliphatic carboxylic acids is 1. The summed E-state index contributed by atoms with van der Waals surface area (Å²) >= 11 is 0. The third-order valence-electron chi connectivity index (χ3n) is 1.30. The Balaban J connectivity index is 0. The summed E-state index contributed by atoms with van der Waals surface area (Å²) < 4.78 is 0. The quantitative estimate of drug-likeness (QED) is 0.421. The van der Waals surface area contributed by atoms with Gasteiger partial charge in [0.15, 0.2) is 0 Å². The Hall–Kier alpha value is 0.430. The maximum absolute atomic E-state index is 10.1. The zero-order valence-electron chi connectivity index (χ0n) is 6.63. The van der Waals surface area contributed by atoms with Crippen LogP contribution < -0.4 is 34.7 Å². The smallest absolute Gasteiger partial charge is 0.550 e. The van der Waals surface area contributed by atoms with Crippen molar-refractivity contribution in [3.05, 3.63) is 0 Å². The SMILES string of the molecule is CC(C)C(CO)C(=O)[O-].[Na+]. The summed E-state index contributed by atoms with van der Waals surface area (Å²) in [6, 6.07) is 0. The first kappa shape index (κ1) is 13.1. The molecule has 0 heterocycles. The van der Waals surface area contributed by atoms with Gasteiger partial charge in [-0.05, 0) is 5.92 Å². The second-order valence-corrected chi connectivity index (χ2v) is 2.35. The van der Waals surface area contributed by atoms with Crippen molar-refractivity contribution in [1.29, 1.82) is 0 Å². The fraction of sp³-hybridized carbons (Fsp3) is 0.833. The van der Waals surface area contributed by atoms with Crippen LogP contribution in [0.15, 0.2) is 0 Å². The second-order valence-electron chi connectivity index (χ2n) is 2.35. The summed E-state index contributed by atoms with van der Waals surface area (Å²) in [4.78, 5) is 10.1. The van der Waals surface area contributed by atoms with E-state index in [9.17, 15) is 9.90 Å². The van der Waals surface area contributed by atoms with Gasteiger partial charge in [0.05, 0.1) is 6.61 Å². The maximum atomic E-state index is 10.1. The molecule has 0 aliphatic rings. The minimum absolute atomic E-state index is 0. The molecule has 0 aromatic heterocycles. The molecule has 0 amide bonds. The van der Waals surface area contributed by atoms with Crippen LogP contribution in [-0.4, -0.2) is 17.7 Å². The summed E-state index contributed by atoms with van der Waals surface area (Å²) in [5.74, 6) is -1.95. The van der Waals surface area contributed by atoms with E-state index >= 15 is 0 Å². The van der Waals surface area contributed by atoms with Gasteiger partial charge in [0, 0.05) is 11.9 Å².